The lowest BCUT2D eigenvalue weighted by molar-refractivity contribution is -0.134. The topological polar surface area (TPSA) is 146 Å². The van der Waals surface area contributed by atoms with Crippen LogP contribution in [0.5, 0.6) is 5.75 Å². The van der Waals surface area contributed by atoms with Gasteiger partial charge in [-0.1, -0.05) is 43.3 Å². The van der Waals surface area contributed by atoms with Crippen LogP contribution in [0.25, 0.3) is 10.8 Å². The van der Waals surface area contributed by atoms with Gasteiger partial charge in [0.2, 0.25) is 5.91 Å². The van der Waals surface area contributed by atoms with E-state index < -0.39 is 22.2 Å². The van der Waals surface area contributed by atoms with Gasteiger partial charge in [0.05, 0.1) is 37.6 Å². The van der Waals surface area contributed by atoms with E-state index >= 15 is 0 Å². The summed E-state index contributed by atoms with van der Waals surface area (Å²) in [5, 5.41) is 14.7. The number of aromatic nitrogens is 2. The summed E-state index contributed by atoms with van der Waals surface area (Å²) in [5.41, 5.74) is 1.40. The van der Waals surface area contributed by atoms with E-state index in [-0.39, 0.29) is 54.7 Å². The Kier molecular flexibility index (Phi) is 9.30. The van der Waals surface area contributed by atoms with Crippen molar-refractivity contribution in [2.24, 2.45) is 13.0 Å². The van der Waals surface area contributed by atoms with Crippen LogP contribution in [0.4, 0.5) is 16.2 Å². The summed E-state index contributed by atoms with van der Waals surface area (Å²) in [6.07, 6.45) is 2.17. The lowest BCUT2D eigenvalue weighted by atomic mass is 10.0. The summed E-state index contributed by atoms with van der Waals surface area (Å²) in [6, 6.07) is 17.5. The van der Waals surface area contributed by atoms with Crippen LogP contribution in [0.1, 0.15) is 19.4 Å². The van der Waals surface area contributed by atoms with Gasteiger partial charge in [-0.05, 0) is 36.6 Å². The maximum Gasteiger partial charge on any atom is 0.321 e. The smallest absolute Gasteiger partial charge is 0.321 e. The molecular weight excluding hydrogens is 596 g/mol. The number of benzene rings is 3. The molecule has 238 valence electrons. The van der Waals surface area contributed by atoms with Crippen molar-refractivity contribution in [3.8, 4) is 5.75 Å². The lowest BCUT2D eigenvalue weighted by Gasteiger charge is -2.34. The monoisotopic (exact) mass is 634 g/mol. The summed E-state index contributed by atoms with van der Waals surface area (Å²) in [4.78, 5) is 34.0. The van der Waals surface area contributed by atoms with Gasteiger partial charge in [-0.15, -0.1) is 0 Å². The standard InChI is InChI=1S/C32H38N6O6S/c1-21-16-38(22(2)19-39)31(40)15-24-14-25(35-45(42,43)30-18-36(3)20-33-30)12-13-28(24)44-29(21)17-37(4)32(41)34-27-11-7-9-23-8-5-6-10-26(23)27/h5-14,18,20-22,29,35,39H,15-17,19H2,1-4H3,(H,34,41)/t21-,22-,29+/m1/s1. The molecular formula is C32H38N6O6S. The molecule has 1 aliphatic rings. The number of anilines is 2. The Morgan fingerprint density at radius 1 is 1.18 bits per heavy atom. The Bertz CT molecular complexity index is 1800. The van der Waals surface area contributed by atoms with Crippen LogP contribution in [0.3, 0.4) is 0 Å². The van der Waals surface area contributed by atoms with Gasteiger partial charge in [-0.2, -0.15) is 8.42 Å². The van der Waals surface area contributed by atoms with E-state index in [2.05, 4.69) is 15.0 Å². The number of urea groups is 1. The zero-order valence-corrected chi connectivity index (χ0v) is 26.5. The quantitative estimate of drug-likeness (QED) is 0.268. The van der Waals surface area contributed by atoms with E-state index in [0.717, 1.165) is 10.8 Å². The maximum absolute atomic E-state index is 13.5. The fraction of sp³-hybridized carbons (Fsp3) is 0.344. The van der Waals surface area contributed by atoms with Crippen molar-refractivity contribution in [1.29, 1.82) is 0 Å². The zero-order valence-electron chi connectivity index (χ0n) is 25.7. The molecule has 0 aliphatic carbocycles. The van der Waals surface area contributed by atoms with Crippen molar-refractivity contribution in [2.75, 3.05) is 36.8 Å². The van der Waals surface area contributed by atoms with Crippen molar-refractivity contribution < 1.29 is 27.9 Å². The molecule has 0 unspecified atom stereocenters. The average molecular weight is 635 g/mol. The van der Waals surface area contributed by atoms with Crippen LogP contribution >= 0.6 is 0 Å². The van der Waals surface area contributed by atoms with E-state index in [0.29, 0.717) is 17.0 Å². The van der Waals surface area contributed by atoms with Crippen molar-refractivity contribution in [1.82, 2.24) is 19.4 Å². The molecule has 0 bridgehead atoms. The molecule has 5 rings (SSSR count). The Balaban J connectivity index is 1.41. The normalized spacial score (nSPS) is 17.8. The number of aliphatic hydroxyl groups is 1. The molecule has 0 fully saturated rings. The molecule has 0 radical (unpaired) electrons. The van der Waals surface area contributed by atoms with Crippen molar-refractivity contribution >= 4 is 44.1 Å². The number of hydrogen-bond donors (Lipinski definition) is 3. The number of ether oxygens (including phenoxy) is 1. The Labute approximate surface area is 262 Å². The number of hydrogen-bond acceptors (Lipinski definition) is 7. The highest BCUT2D eigenvalue weighted by Crippen LogP contribution is 2.30. The summed E-state index contributed by atoms with van der Waals surface area (Å²) in [7, 11) is -0.621. The molecule has 4 aromatic rings. The van der Waals surface area contributed by atoms with Gasteiger partial charge >= 0.3 is 6.03 Å². The third-order valence-corrected chi connectivity index (χ3v) is 9.22. The number of carbonyl (C=O) groups is 2. The first-order valence-electron chi connectivity index (χ1n) is 14.7. The Morgan fingerprint density at radius 3 is 2.67 bits per heavy atom. The fourth-order valence-corrected chi connectivity index (χ4v) is 6.38. The van der Waals surface area contributed by atoms with Crippen LogP contribution in [-0.4, -0.2) is 83.7 Å². The number of rotatable bonds is 8. The molecule has 3 atom stereocenters. The molecule has 1 aliphatic heterocycles. The number of imidazole rings is 1. The number of carbonyl (C=O) groups excluding carboxylic acids is 2. The largest absolute Gasteiger partial charge is 0.488 e. The predicted octanol–water partition coefficient (Wildman–Crippen LogP) is 3.69. The van der Waals surface area contributed by atoms with Crippen molar-refractivity contribution in [2.45, 2.75) is 37.4 Å². The molecule has 3 N–H and O–H groups in total. The Morgan fingerprint density at radius 2 is 1.93 bits per heavy atom. The predicted molar refractivity (Wildman–Crippen MR) is 172 cm³/mol. The number of likely N-dealkylation sites (N-methyl/N-ethyl adjacent to an activating group) is 1. The first-order chi connectivity index (χ1) is 21.4. The third-order valence-electron chi connectivity index (χ3n) is 7.96. The van der Waals surface area contributed by atoms with Crippen LogP contribution in [0.2, 0.25) is 0 Å². The van der Waals surface area contributed by atoms with Gasteiger partial charge in [0, 0.05) is 49.4 Å². The number of sulfonamides is 1. The van der Waals surface area contributed by atoms with Crippen LogP contribution < -0.4 is 14.8 Å². The van der Waals surface area contributed by atoms with Gasteiger partial charge in [0.15, 0.2) is 5.03 Å². The molecule has 0 saturated heterocycles. The van der Waals surface area contributed by atoms with Gasteiger partial charge in [-0.25, -0.2) is 9.78 Å². The Hall–Kier alpha value is -4.62. The van der Waals surface area contributed by atoms with E-state index in [4.69, 9.17) is 4.74 Å². The van der Waals surface area contributed by atoms with Crippen LogP contribution in [0.15, 0.2) is 78.2 Å². The zero-order chi connectivity index (χ0) is 32.3. The van der Waals surface area contributed by atoms with E-state index in [9.17, 15) is 23.1 Å². The molecule has 13 heteroatoms. The molecule has 45 heavy (non-hydrogen) atoms. The average Bonchev–Trinajstić information content (AvgIpc) is 3.48. The molecule has 3 aromatic carbocycles. The van der Waals surface area contributed by atoms with Crippen LogP contribution in [0, 0.1) is 5.92 Å². The number of nitrogens with one attached hydrogen (secondary N) is 2. The summed E-state index contributed by atoms with van der Waals surface area (Å²) < 4.78 is 36.4. The summed E-state index contributed by atoms with van der Waals surface area (Å²) in [5.74, 6) is -0.0629. The van der Waals surface area contributed by atoms with Crippen molar-refractivity contribution in [3.05, 3.63) is 78.8 Å². The molecule has 3 amide bonds. The van der Waals surface area contributed by atoms with Crippen LogP contribution in [-0.2, 0) is 28.3 Å². The van der Waals surface area contributed by atoms with Crippen molar-refractivity contribution in [3.63, 3.8) is 0 Å². The van der Waals surface area contributed by atoms with Gasteiger partial charge in [-0.3, -0.25) is 9.52 Å². The molecule has 2 heterocycles. The molecule has 0 saturated carbocycles. The number of fused-ring (bicyclic) bond motifs is 2. The van der Waals surface area contributed by atoms with E-state index in [1.165, 1.54) is 22.0 Å². The summed E-state index contributed by atoms with van der Waals surface area (Å²) in [6.45, 7) is 3.96. The minimum atomic E-state index is -3.97. The second-order valence-corrected chi connectivity index (χ2v) is 13.2. The minimum absolute atomic E-state index is 0.0737. The van der Waals surface area contributed by atoms with E-state index in [1.807, 2.05) is 49.4 Å². The lowest BCUT2D eigenvalue weighted by Crippen LogP contribution is -2.48. The highest BCUT2D eigenvalue weighted by molar-refractivity contribution is 7.92. The minimum Gasteiger partial charge on any atom is -0.488 e. The fourth-order valence-electron chi connectivity index (χ4n) is 5.34. The van der Waals surface area contributed by atoms with E-state index in [1.54, 1.807) is 44.1 Å². The number of aryl methyl sites for hydroxylation is 1. The molecule has 0 spiro atoms. The second kappa shape index (κ2) is 13.2. The summed E-state index contributed by atoms with van der Waals surface area (Å²) >= 11 is 0. The van der Waals surface area contributed by atoms with Gasteiger partial charge in [0.25, 0.3) is 10.0 Å². The van der Waals surface area contributed by atoms with Gasteiger partial charge in [0.1, 0.15) is 11.9 Å². The SMILES string of the molecule is C[C@@H]1CN([C@H](C)CO)C(=O)Cc2cc(NS(=O)(=O)c3cn(C)cn3)ccc2O[C@H]1CN(C)C(=O)Nc1cccc2ccccc12. The maximum atomic E-state index is 13.5. The molecule has 12 nitrogen and oxygen atoms in total. The number of amides is 3. The first kappa shape index (κ1) is 31.8. The molecule has 1 aromatic heterocycles. The highest BCUT2D eigenvalue weighted by Gasteiger charge is 2.32. The second-order valence-electron chi connectivity index (χ2n) is 11.5. The highest BCUT2D eigenvalue weighted by atomic mass is 32.2. The number of aliphatic hydroxyl groups excluding tert-OH is 1. The third kappa shape index (κ3) is 7.21. The number of nitrogens with zero attached hydrogens (tertiary/aromatic N) is 4. The first-order valence-corrected chi connectivity index (χ1v) is 16.1. The van der Waals surface area contributed by atoms with Gasteiger partial charge < -0.3 is 29.5 Å².